The van der Waals surface area contributed by atoms with Crippen LogP contribution in [0.15, 0.2) is 36.9 Å². The number of anilines is 1. The number of nitrogens with zero attached hydrogens (tertiary/aromatic N) is 1. The second-order valence-corrected chi connectivity index (χ2v) is 4.76. The number of rotatable bonds is 3. The highest BCUT2D eigenvalue weighted by atomic mass is 16.2. The maximum Gasteiger partial charge on any atom is 0.254 e. The van der Waals surface area contributed by atoms with Crippen molar-refractivity contribution in [3.63, 3.8) is 0 Å². The SMILES string of the molecule is C=CC(=O)Nc1ccc(C(=O)N2CCC[C@@H]2C)cc1. The zero-order chi connectivity index (χ0) is 13.8. The summed E-state index contributed by atoms with van der Waals surface area (Å²) in [6, 6.07) is 7.26. The molecule has 0 spiro atoms. The Bertz CT molecular complexity index is 493. The third-order valence-electron chi connectivity index (χ3n) is 3.40. The van der Waals surface area contributed by atoms with E-state index in [9.17, 15) is 9.59 Å². The molecule has 0 bridgehead atoms. The van der Waals surface area contributed by atoms with Crippen LogP contribution in [0.2, 0.25) is 0 Å². The zero-order valence-corrected chi connectivity index (χ0v) is 11.1. The molecule has 1 aromatic carbocycles. The Kier molecular flexibility index (Phi) is 4.00. The van der Waals surface area contributed by atoms with E-state index in [1.807, 2.05) is 4.90 Å². The average Bonchev–Trinajstić information content (AvgIpc) is 2.85. The van der Waals surface area contributed by atoms with Gasteiger partial charge in [-0.25, -0.2) is 0 Å². The van der Waals surface area contributed by atoms with Crippen molar-refractivity contribution in [3.8, 4) is 0 Å². The topological polar surface area (TPSA) is 49.4 Å². The van der Waals surface area contributed by atoms with Gasteiger partial charge in [-0.05, 0) is 50.1 Å². The van der Waals surface area contributed by atoms with Gasteiger partial charge in [-0.15, -0.1) is 0 Å². The van der Waals surface area contributed by atoms with Crippen molar-refractivity contribution >= 4 is 17.5 Å². The van der Waals surface area contributed by atoms with Crippen LogP contribution in [0.5, 0.6) is 0 Å². The molecule has 1 heterocycles. The highest BCUT2D eigenvalue weighted by Gasteiger charge is 2.25. The molecule has 4 heteroatoms. The second kappa shape index (κ2) is 5.69. The van der Waals surface area contributed by atoms with Crippen LogP contribution in [0.1, 0.15) is 30.1 Å². The number of likely N-dealkylation sites (tertiary alicyclic amines) is 1. The molecule has 1 saturated heterocycles. The summed E-state index contributed by atoms with van der Waals surface area (Å²) in [5.41, 5.74) is 1.32. The van der Waals surface area contributed by atoms with Crippen LogP contribution in [0.4, 0.5) is 5.69 Å². The number of carbonyl (C=O) groups excluding carboxylic acids is 2. The molecular formula is C15H18N2O2. The van der Waals surface area contributed by atoms with Crippen LogP contribution in [-0.4, -0.2) is 29.3 Å². The van der Waals surface area contributed by atoms with Gasteiger partial charge in [0.25, 0.3) is 5.91 Å². The quantitative estimate of drug-likeness (QED) is 0.846. The Labute approximate surface area is 113 Å². The molecule has 4 nitrogen and oxygen atoms in total. The predicted molar refractivity (Wildman–Crippen MR) is 75.0 cm³/mol. The number of nitrogens with one attached hydrogen (secondary N) is 1. The van der Waals surface area contributed by atoms with Gasteiger partial charge in [0.1, 0.15) is 0 Å². The molecule has 1 aromatic rings. The normalized spacial score (nSPS) is 18.2. The third kappa shape index (κ3) is 3.02. The highest BCUT2D eigenvalue weighted by molar-refractivity contribution is 5.99. The van der Waals surface area contributed by atoms with Crippen molar-refractivity contribution in [2.75, 3.05) is 11.9 Å². The van der Waals surface area contributed by atoms with Gasteiger partial charge < -0.3 is 10.2 Å². The molecule has 1 atom stereocenters. The fourth-order valence-corrected chi connectivity index (χ4v) is 2.29. The first-order valence-electron chi connectivity index (χ1n) is 6.46. The fraction of sp³-hybridized carbons (Fsp3) is 0.333. The fourth-order valence-electron chi connectivity index (χ4n) is 2.29. The Hall–Kier alpha value is -2.10. The number of hydrogen-bond donors (Lipinski definition) is 1. The smallest absolute Gasteiger partial charge is 0.254 e. The molecule has 0 aliphatic carbocycles. The summed E-state index contributed by atoms with van der Waals surface area (Å²) in [7, 11) is 0. The van der Waals surface area contributed by atoms with Gasteiger partial charge in [0.15, 0.2) is 0 Å². The maximum atomic E-state index is 12.3. The number of benzene rings is 1. The minimum absolute atomic E-state index is 0.0617. The summed E-state index contributed by atoms with van der Waals surface area (Å²) in [6.07, 6.45) is 3.35. The molecule has 1 aliphatic heterocycles. The molecule has 0 unspecified atom stereocenters. The van der Waals surface area contributed by atoms with Crippen LogP contribution < -0.4 is 5.32 Å². The Morgan fingerprint density at radius 2 is 2.05 bits per heavy atom. The summed E-state index contributed by atoms with van der Waals surface area (Å²) in [4.78, 5) is 25.3. The molecule has 0 radical (unpaired) electrons. The standard InChI is InChI=1S/C15H18N2O2/c1-3-14(18)16-13-8-6-12(7-9-13)15(19)17-10-4-5-11(17)2/h3,6-9,11H,1,4-5,10H2,2H3,(H,16,18)/t11-/m0/s1. The Balaban J connectivity index is 2.07. The molecule has 1 fully saturated rings. The van der Waals surface area contributed by atoms with E-state index in [4.69, 9.17) is 0 Å². The van der Waals surface area contributed by atoms with Gasteiger partial charge in [-0.1, -0.05) is 6.58 Å². The van der Waals surface area contributed by atoms with Crippen molar-refractivity contribution in [1.82, 2.24) is 4.90 Å². The summed E-state index contributed by atoms with van der Waals surface area (Å²) in [5, 5.41) is 2.65. The van der Waals surface area contributed by atoms with Gasteiger partial charge in [-0.3, -0.25) is 9.59 Å². The average molecular weight is 258 g/mol. The van der Waals surface area contributed by atoms with E-state index in [1.54, 1.807) is 24.3 Å². The van der Waals surface area contributed by atoms with Crippen molar-refractivity contribution in [2.24, 2.45) is 0 Å². The van der Waals surface area contributed by atoms with E-state index in [2.05, 4.69) is 18.8 Å². The van der Waals surface area contributed by atoms with E-state index in [0.717, 1.165) is 19.4 Å². The lowest BCUT2D eigenvalue weighted by molar-refractivity contribution is -0.111. The van der Waals surface area contributed by atoms with Gasteiger partial charge in [0, 0.05) is 23.8 Å². The first kappa shape index (κ1) is 13.3. The van der Waals surface area contributed by atoms with Gasteiger partial charge in [-0.2, -0.15) is 0 Å². The lowest BCUT2D eigenvalue weighted by Gasteiger charge is -2.21. The van der Waals surface area contributed by atoms with Crippen LogP contribution in [-0.2, 0) is 4.79 Å². The summed E-state index contributed by atoms with van der Waals surface area (Å²) in [6.45, 7) is 6.29. The third-order valence-corrected chi connectivity index (χ3v) is 3.40. The van der Waals surface area contributed by atoms with E-state index >= 15 is 0 Å². The first-order valence-corrected chi connectivity index (χ1v) is 6.46. The lowest BCUT2D eigenvalue weighted by Crippen LogP contribution is -2.33. The van der Waals surface area contributed by atoms with Gasteiger partial charge in [0.05, 0.1) is 0 Å². The van der Waals surface area contributed by atoms with Crippen LogP contribution >= 0.6 is 0 Å². The van der Waals surface area contributed by atoms with Crippen molar-refractivity contribution in [1.29, 1.82) is 0 Å². The molecule has 19 heavy (non-hydrogen) atoms. The number of amides is 2. The molecule has 2 amide bonds. The predicted octanol–water partition coefficient (Wildman–Crippen LogP) is 2.44. The molecule has 2 rings (SSSR count). The van der Waals surface area contributed by atoms with E-state index in [1.165, 1.54) is 6.08 Å². The van der Waals surface area contributed by atoms with Gasteiger partial charge in [0.2, 0.25) is 5.91 Å². The van der Waals surface area contributed by atoms with Crippen LogP contribution in [0.25, 0.3) is 0 Å². The highest BCUT2D eigenvalue weighted by Crippen LogP contribution is 2.20. The molecule has 1 N–H and O–H groups in total. The van der Waals surface area contributed by atoms with E-state index < -0.39 is 0 Å². The minimum Gasteiger partial charge on any atom is -0.336 e. The summed E-state index contributed by atoms with van der Waals surface area (Å²) < 4.78 is 0. The number of hydrogen-bond acceptors (Lipinski definition) is 2. The van der Waals surface area contributed by atoms with Crippen LogP contribution in [0, 0.1) is 0 Å². The van der Waals surface area contributed by atoms with Crippen molar-refractivity contribution < 1.29 is 9.59 Å². The summed E-state index contributed by atoms with van der Waals surface area (Å²) >= 11 is 0. The number of carbonyl (C=O) groups is 2. The van der Waals surface area contributed by atoms with Crippen molar-refractivity contribution in [2.45, 2.75) is 25.8 Å². The molecule has 0 aromatic heterocycles. The second-order valence-electron chi connectivity index (χ2n) is 4.76. The maximum absolute atomic E-state index is 12.3. The van der Waals surface area contributed by atoms with Crippen LogP contribution in [0.3, 0.4) is 0 Å². The van der Waals surface area contributed by atoms with Gasteiger partial charge >= 0.3 is 0 Å². The molecule has 100 valence electrons. The molecular weight excluding hydrogens is 240 g/mol. The molecule has 0 saturated carbocycles. The Morgan fingerprint density at radius 3 is 2.58 bits per heavy atom. The lowest BCUT2D eigenvalue weighted by atomic mass is 10.1. The molecule has 1 aliphatic rings. The largest absolute Gasteiger partial charge is 0.336 e. The van der Waals surface area contributed by atoms with E-state index in [0.29, 0.717) is 17.3 Å². The summed E-state index contributed by atoms with van der Waals surface area (Å²) in [5.74, 6) is -0.196. The first-order chi connectivity index (χ1) is 9.11. The zero-order valence-electron chi connectivity index (χ0n) is 11.1. The van der Waals surface area contributed by atoms with Crippen molar-refractivity contribution in [3.05, 3.63) is 42.5 Å². The monoisotopic (exact) mass is 258 g/mol. The van der Waals surface area contributed by atoms with E-state index in [-0.39, 0.29) is 11.8 Å². The minimum atomic E-state index is -0.257. The Morgan fingerprint density at radius 1 is 1.37 bits per heavy atom.